The summed E-state index contributed by atoms with van der Waals surface area (Å²) in [5.74, 6) is -7.25. The highest BCUT2D eigenvalue weighted by molar-refractivity contribution is 5.97. The van der Waals surface area contributed by atoms with Crippen molar-refractivity contribution < 1.29 is 53.7 Å². The van der Waals surface area contributed by atoms with Crippen molar-refractivity contribution in [2.24, 2.45) is 17.4 Å². The topological polar surface area (TPSA) is 333 Å². The Bertz CT molecular complexity index is 1510. The molecule has 0 aliphatic carbocycles. The number of nitrogens with two attached hydrogens (primary N) is 2. The number of hydrogen-bond donors (Lipinski definition) is 12. The van der Waals surface area contributed by atoms with Gasteiger partial charge in [-0.05, 0) is 44.1 Å². The lowest BCUT2D eigenvalue weighted by molar-refractivity contribution is -0.137. The van der Waals surface area contributed by atoms with Gasteiger partial charge in [-0.2, -0.15) is 0 Å². The summed E-state index contributed by atoms with van der Waals surface area (Å²) in [5, 5.41) is 47.9. The molecule has 56 heavy (non-hydrogen) atoms. The van der Waals surface area contributed by atoms with Crippen LogP contribution in [0.25, 0.3) is 0 Å². The molecule has 0 aromatic heterocycles. The van der Waals surface area contributed by atoms with E-state index >= 15 is 0 Å². The molecular formula is C36H57N9O11. The third kappa shape index (κ3) is 15.2. The van der Waals surface area contributed by atoms with Gasteiger partial charge in [0.05, 0.1) is 31.4 Å². The van der Waals surface area contributed by atoms with E-state index in [0.717, 1.165) is 0 Å². The van der Waals surface area contributed by atoms with Crippen LogP contribution in [0.1, 0.15) is 64.9 Å². The zero-order valence-corrected chi connectivity index (χ0v) is 31.9. The molecule has 0 saturated carbocycles. The molecule has 0 spiro atoms. The number of hydrogen-bond acceptors (Lipinski definition) is 12. The van der Waals surface area contributed by atoms with Crippen LogP contribution < -0.4 is 48.7 Å². The molecule has 0 radical (unpaired) electrons. The molecule has 9 atom stereocenters. The molecule has 8 amide bonds. The van der Waals surface area contributed by atoms with Crippen molar-refractivity contribution in [1.82, 2.24) is 37.2 Å². The van der Waals surface area contributed by atoms with Gasteiger partial charge in [-0.3, -0.25) is 43.7 Å². The van der Waals surface area contributed by atoms with Gasteiger partial charge in [0.2, 0.25) is 47.3 Å². The van der Waals surface area contributed by atoms with Gasteiger partial charge in [-0.15, -0.1) is 0 Å². The highest BCUT2D eigenvalue weighted by Crippen LogP contribution is 2.12. The van der Waals surface area contributed by atoms with Crippen molar-refractivity contribution in [1.29, 1.82) is 0 Å². The van der Waals surface area contributed by atoms with Crippen LogP contribution >= 0.6 is 0 Å². The molecular weight excluding hydrogens is 734 g/mol. The van der Waals surface area contributed by atoms with Gasteiger partial charge >= 0.3 is 0 Å². The minimum Gasteiger partial charge on any atom is -0.394 e. The van der Waals surface area contributed by atoms with Crippen LogP contribution in [0.3, 0.4) is 0 Å². The zero-order valence-electron chi connectivity index (χ0n) is 31.9. The average molecular weight is 792 g/mol. The second-order valence-electron chi connectivity index (χ2n) is 13.8. The Balaban J connectivity index is 2.30. The fourth-order valence-corrected chi connectivity index (χ4v) is 5.80. The lowest BCUT2D eigenvalue weighted by Gasteiger charge is -2.30. The molecule has 1 aliphatic heterocycles. The standard InChI is InChI=1S/C36H57N9O11/c1-4-19(2)28(31(38)51)40-23-13-14-27(49)39-15-9-8-12-22(41-34(54)26(18-47)44-36(56)29(20(3)48)45-33(23)53)32(52)43-25(17-46)35(55)42-24(30(37)50)16-21-10-6-5-7-11-21/h5-7,10-11,19-20,22-26,28-29,40,46-48H,4,8-9,12-18H2,1-3H3,(H2,37,50)(H2,38,51)(H,39,49)(H,41,54)(H,42,55)(H,43,52)(H,44,56)(H,45,53)/t19-,20+,22?,23?,24-,25-,26-,28-,29-/m0/s1. The summed E-state index contributed by atoms with van der Waals surface area (Å²) in [4.78, 5) is 104. The van der Waals surface area contributed by atoms with E-state index in [9.17, 15) is 53.7 Å². The van der Waals surface area contributed by atoms with Crippen LogP contribution in [0.15, 0.2) is 30.3 Å². The number of primary amides is 2. The number of aliphatic hydroxyl groups is 3. The smallest absolute Gasteiger partial charge is 0.245 e. The molecule has 1 saturated heterocycles. The van der Waals surface area contributed by atoms with Gasteiger partial charge in [-0.25, -0.2) is 0 Å². The van der Waals surface area contributed by atoms with Gasteiger partial charge in [0.15, 0.2) is 0 Å². The molecule has 0 bridgehead atoms. The van der Waals surface area contributed by atoms with E-state index in [1.165, 1.54) is 6.92 Å². The number of benzene rings is 1. The minimum absolute atomic E-state index is 0.0303. The number of amides is 8. The Morgan fingerprint density at radius 1 is 0.857 bits per heavy atom. The zero-order chi connectivity index (χ0) is 41.9. The average Bonchev–Trinajstić information content (AvgIpc) is 3.16. The predicted octanol–water partition coefficient (Wildman–Crippen LogP) is -4.56. The Kier molecular flexibility index (Phi) is 19.9. The van der Waals surface area contributed by atoms with E-state index < -0.39 is 109 Å². The summed E-state index contributed by atoms with van der Waals surface area (Å²) < 4.78 is 0. The Morgan fingerprint density at radius 2 is 1.54 bits per heavy atom. The van der Waals surface area contributed by atoms with Crippen LogP contribution in [0, 0.1) is 5.92 Å². The van der Waals surface area contributed by atoms with E-state index in [2.05, 4.69) is 37.2 Å². The summed E-state index contributed by atoms with van der Waals surface area (Å²) in [7, 11) is 0. The van der Waals surface area contributed by atoms with Crippen LogP contribution in [-0.4, -0.2) is 131 Å². The van der Waals surface area contributed by atoms with E-state index in [-0.39, 0.29) is 44.6 Å². The number of carbonyl (C=O) groups is 8. The Labute approximate surface area is 325 Å². The normalized spacial score (nSPS) is 23.2. The van der Waals surface area contributed by atoms with Gasteiger partial charge in [0.1, 0.15) is 30.2 Å². The van der Waals surface area contributed by atoms with E-state index in [4.69, 9.17) is 11.5 Å². The van der Waals surface area contributed by atoms with Gasteiger partial charge in [-0.1, -0.05) is 50.6 Å². The molecule has 1 aromatic carbocycles. The number of rotatable bonds is 15. The highest BCUT2D eigenvalue weighted by atomic mass is 16.3. The van der Waals surface area contributed by atoms with Crippen molar-refractivity contribution >= 4 is 47.3 Å². The largest absolute Gasteiger partial charge is 0.394 e. The Morgan fingerprint density at radius 3 is 2.11 bits per heavy atom. The minimum atomic E-state index is -1.70. The van der Waals surface area contributed by atoms with Gasteiger partial charge in [0, 0.05) is 19.4 Å². The molecule has 2 rings (SSSR count). The maximum Gasteiger partial charge on any atom is 0.245 e. The van der Waals surface area contributed by atoms with E-state index in [1.54, 1.807) is 37.3 Å². The summed E-state index contributed by atoms with van der Waals surface area (Å²) in [6, 6.07) is -1.10. The van der Waals surface area contributed by atoms with Crippen molar-refractivity contribution in [3.63, 3.8) is 0 Å². The maximum atomic E-state index is 13.5. The van der Waals surface area contributed by atoms with Gasteiger partial charge in [0.25, 0.3) is 0 Å². The first-order chi connectivity index (χ1) is 26.5. The van der Waals surface area contributed by atoms with Crippen LogP contribution in [0.2, 0.25) is 0 Å². The molecule has 14 N–H and O–H groups in total. The fraction of sp³-hybridized carbons (Fsp3) is 0.611. The number of aliphatic hydroxyl groups excluding tert-OH is 3. The van der Waals surface area contributed by atoms with Crippen LogP contribution in [-0.2, 0) is 44.8 Å². The molecule has 1 heterocycles. The highest BCUT2D eigenvalue weighted by Gasteiger charge is 2.35. The summed E-state index contributed by atoms with van der Waals surface area (Å²) in [5.41, 5.74) is 11.8. The van der Waals surface area contributed by atoms with Crippen molar-refractivity contribution in [2.75, 3.05) is 19.8 Å². The number of carbonyl (C=O) groups excluding carboxylic acids is 8. The molecule has 2 unspecified atom stereocenters. The first-order valence-corrected chi connectivity index (χ1v) is 18.6. The van der Waals surface area contributed by atoms with Crippen molar-refractivity contribution in [3.8, 4) is 0 Å². The first kappa shape index (κ1) is 47.0. The Hall–Kier alpha value is -5.18. The third-order valence-electron chi connectivity index (χ3n) is 9.39. The monoisotopic (exact) mass is 791 g/mol. The second-order valence-corrected chi connectivity index (χ2v) is 13.8. The SMILES string of the molecule is CC[C@H](C)[C@H](NC1CCC(=O)NCCCCC(C(=O)N[C@@H](CO)C(=O)N[C@@H](Cc2ccccc2)C(N)=O)NC(=O)[C@H](CO)NC(=O)[C@H]([C@@H](C)O)NC1=O)C(N)=O. The predicted molar refractivity (Wildman–Crippen MR) is 200 cm³/mol. The first-order valence-electron chi connectivity index (χ1n) is 18.6. The third-order valence-corrected chi connectivity index (χ3v) is 9.39. The lowest BCUT2D eigenvalue weighted by Crippen LogP contribution is -2.62. The quantitative estimate of drug-likeness (QED) is 0.0799. The number of nitrogens with one attached hydrogen (secondary N) is 7. The molecule has 20 nitrogen and oxygen atoms in total. The van der Waals surface area contributed by atoms with Crippen molar-refractivity contribution in [3.05, 3.63) is 35.9 Å². The second kappa shape index (κ2) is 23.7. The molecule has 20 heteroatoms. The van der Waals surface area contributed by atoms with Gasteiger partial charge < -0.3 is 58.7 Å². The summed E-state index contributed by atoms with van der Waals surface area (Å²) in [6.45, 7) is 2.99. The van der Waals surface area contributed by atoms with E-state index in [0.29, 0.717) is 18.4 Å². The fourth-order valence-electron chi connectivity index (χ4n) is 5.80. The van der Waals surface area contributed by atoms with E-state index in [1.807, 2.05) is 6.92 Å². The summed E-state index contributed by atoms with van der Waals surface area (Å²) >= 11 is 0. The maximum absolute atomic E-state index is 13.5. The van der Waals surface area contributed by atoms with Crippen LogP contribution in [0.4, 0.5) is 0 Å². The molecule has 1 aliphatic rings. The molecule has 1 fully saturated rings. The lowest BCUT2D eigenvalue weighted by atomic mass is 9.96. The molecule has 312 valence electrons. The van der Waals surface area contributed by atoms with Crippen LogP contribution in [0.5, 0.6) is 0 Å². The summed E-state index contributed by atoms with van der Waals surface area (Å²) in [6.07, 6.45) is -0.875. The molecule has 1 aromatic rings. The van der Waals surface area contributed by atoms with Crippen molar-refractivity contribution in [2.45, 2.75) is 114 Å².